The second kappa shape index (κ2) is 4.34. The number of hydrogen-bond donors (Lipinski definition) is 1. The monoisotopic (exact) mass is 257 g/mol. The highest BCUT2D eigenvalue weighted by Crippen LogP contribution is 2.58. The molecule has 19 heavy (non-hydrogen) atoms. The van der Waals surface area contributed by atoms with Gasteiger partial charge in [0.25, 0.3) is 0 Å². The summed E-state index contributed by atoms with van der Waals surface area (Å²) < 4.78 is 0. The minimum absolute atomic E-state index is 0.287. The molecule has 0 heterocycles. The van der Waals surface area contributed by atoms with E-state index in [0.717, 1.165) is 5.92 Å². The summed E-state index contributed by atoms with van der Waals surface area (Å²) in [4.78, 5) is 0. The zero-order valence-electron chi connectivity index (χ0n) is 12.8. The summed E-state index contributed by atoms with van der Waals surface area (Å²) in [7, 11) is 0. The molecule has 1 aromatic rings. The Hall–Kier alpha value is -0.820. The molecule has 104 valence electrons. The average Bonchev–Trinajstić information content (AvgIpc) is 3.23. The second-order valence-corrected chi connectivity index (χ2v) is 7.24. The van der Waals surface area contributed by atoms with Crippen LogP contribution in [0.3, 0.4) is 0 Å². The van der Waals surface area contributed by atoms with Crippen LogP contribution in [-0.2, 0) is 11.0 Å². The minimum atomic E-state index is 0.287. The summed E-state index contributed by atoms with van der Waals surface area (Å²) >= 11 is 0. The van der Waals surface area contributed by atoms with Crippen molar-refractivity contribution in [3.8, 4) is 0 Å². The third-order valence-electron chi connectivity index (χ3n) is 5.19. The lowest BCUT2D eigenvalue weighted by molar-refractivity contribution is 0.435. The fourth-order valence-electron chi connectivity index (χ4n) is 3.80. The van der Waals surface area contributed by atoms with Crippen LogP contribution >= 0.6 is 0 Å². The van der Waals surface area contributed by atoms with Gasteiger partial charge in [0.15, 0.2) is 0 Å². The lowest BCUT2D eigenvalue weighted by Crippen LogP contribution is -2.36. The van der Waals surface area contributed by atoms with Gasteiger partial charge in [-0.3, -0.25) is 0 Å². The number of hydrogen-bond acceptors (Lipinski definition) is 1. The highest BCUT2D eigenvalue weighted by molar-refractivity contribution is 5.45. The molecular formula is C18H27N. The molecule has 0 atom stereocenters. The van der Waals surface area contributed by atoms with Crippen LogP contribution in [0.4, 0.5) is 0 Å². The topological polar surface area (TPSA) is 12.0 Å². The highest BCUT2D eigenvalue weighted by Gasteiger charge is 2.53. The molecule has 0 amide bonds. The van der Waals surface area contributed by atoms with E-state index in [4.69, 9.17) is 0 Å². The van der Waals surface area contributed by atoms with Crippen LogP contribution in [0.25, 0.3) is 0 Å². The van der Waals surface area contributed by atoms with Crippen molar-refractivity contribution in [3.05, 3.63) is 35.4 Å². The summed E-state index contributed by atoms with van der Waals surface area (Å²) in [5, 5.41) is 3.83. The lowest BCUT2D eigenvalue weighted by Gasteiger charge is -2.29. The van der Waals surface area contributed by atoms with Crippen molar-refractivity contribution in [1.82, 2.24) is 5.32 Å². The molecule has 1 heteroatoms. The first-order valence-electron chi connectivity index (χ1n) is 7.88. The van der Waals surface area contributed by atoms with Gasteiger partial charge in [0.05, 0.1) is 0 Å². The molecule has 0 spiro atoms. The van der Waals surface area contributed by atoms with Crippen molar-refractivity contribution >= 4 is 0 Å². The number of nitrogens with one attached hydrogen (secondary N) is 1. The first kappa shape index (κ1) is 13.2. The lowest BCUT2D eigenvalue weighted by atomic mass is 9.80. The van der Waals surface area contributed by atoms with Crippen molar-refractivity contribution in [2.24, 2.45) is 5.92 Å². The van der Waals surface area contributed by atoms with Crippen LogP contribution in [0.5, 0.6) is 0 Å². The summed E-state index contributed by atoms with van der Waals surface area (Å²) in [5.74, 6) is 0.753. The van der Waals surface area contributed by atoms with Gasteiger partial charge in [-0.1, -0.05) is 52.0 Å². The first-order chi connectivity index (χ1) is 9.00. The van der Waals surface area contributed by atoms with Gasteiger partial charge < -0.3 is 5.32 Å². The molecule has 2 aliphatic carbocycles. The maximum absolute atomic E-state index is 3.83. The van der Waals surface area contributed by atoms with Crippen molar-refractivity contribution in [2.75, 3.05) is 0 Å². The van der Waals surface area contributed by atoms with E-state index in [1.807, 2.05) is 0 Å². The minimum Gasteiger partial charge on any atom is -0.305 e. The molecule has 2 aliphatic rings. The maximum atomic E-state index is 3.83. The van der Waals surface area contributed by atoms with Crippen molar-refractivity contribution < 1.29 is 0 Å². The Kier molecular flexibility index (Phi) is 3.01. The Morgan fingerprint density at radius 3 is 1.89 bits per heavy atom. The largest absolute Gasteiger partial charge is 0.305 e. The Bertz CT molecular complexity index is 464. The average molecular weight is 257 g/mol. The molecule has 2 saturated carbocycles. The zero-order chi connectivity index (χ0) is 13.7. The van der Waals surface area contributed by atoms with E-state index in [9.17, 15) is 0 Å². The number of rotatable bonds is 5. The van der Waals surface area contributed by atoms with Crippen LogP contribution in [-0.4, -0.2) is 6.04 Å². The molecule has 0 unspecified atom stereocenters. The van der Waals surface area contributed by atoms with E-state index >= 15 is 0 Å². The molecule has 0 aliphatic heterocycles. The van der Waals surface area contributed by atoms with E-state index in [-0.39, 0.29) is 5.54 Å². The van der Waals surface area contributed by atoms with E-state index in [1.165, 1.54) is 25.7 Å². The molecular weight excluding hydrogens is 230 g/mol. The molecule has 3 rings (SSSR count). The predicted molar refractivity (Wildman–Crippen MR) is 81.4 cm³/mol. The quantitative estimate of drug-likeness (QED) is 0.826. The van der Waals surface area contributed by atoms with Crippen LogP contribution in [0.15, 0.2) is 24.3 Å². The molecule has 1 N–H and O–H groups in total. The van der Waals surface area contributed by atoms with Gasteiger partial charge in [0.2, 0.25) is 0 Å². The van der Waals surface area contributed by atoms with Gasteiger partial charge in [-0.25, -0.2) is 0 Å². The Balaban J connectivity index is 2.00. The predicted octanol–water partition coefficient (Wildman–Crippen LogP) is 4.36. The van der Waals surface area contributed by atoms with Crippen LogP contribution in [0.2, 0.25) is 0 Å². The molecule has 0 saturated heterocycles. The normalized spacial score (nSPS) is 22.8. The standard InChI is InChI=1S/C18H27N/c1-13(2)17(9-10-17)15-7-5-6-8-16(15)18(11-12-18)19-14(3)4/h5-8,13-14,19H,9-12H2,1-4H3. The summed E-state index contributed by atoms with van der Waals surface area (Å²) in [6.07, 6.45) is 5.35. The SMILES string of the molecule is CC(C)NC1(c2ccccc2C2(C(C)C)CC2)CC1. The smallest absolute Gasteiger partial charge is 0.0441 e. The molecule has 1 aromatic carbocycles. The third-order valence-corrected chi connectivity index (χ3v) is 5.19. The van der Waals surface area contributed by atoms with Gasteiger partial charge in [-0.05, 0) is 48.1 Å². The second-order valence-electron chi connectivity index (χ2n) is 7.24. The van der Waals surface area contributed by atoms with Crippen molar-refractivity contribution in [3.63, 3.8) is 0 Å². The van der Waals surface area contributed by atoms with Gasteiger partial charge in [0.1, 0.15) is 0 Å². The molecule has 2 fully saturated rings. The molecule has 0 aromatic heterocycles. The fourth-order valence-corrected chi connectivity index (χ4v) is 3.80. The third kappa shape index (κ3) is 2.12. The highest BCUT2D eigenvalue weighted by atomic mass is 15.0. The van der Waals surface area contributed by atoms with Gasteiger partial charge in [-0.15, -0.1) is 0 Å². The Morgan fingerprint density at radius 2 is 1.47 bits per heavy atom. The van der Waals surface area contributed by atoms with Crippen LogP contribution in [0, 0.1) is 5.92 Å². The maximum Gasteiger partial charge on any atom is 0.0441 e. The summed E-state index contributed by atoms with van der Waals surface area (Å²) in [6, 6.07) is 9.78. The molecule has 1 nitrogen and oxygen atoms in total. The van der Waals surface area contributed by atoms with Crippen molar-refractivity contribution in [2.45, 2.75) is 70.4 Å². The van der Waals surface area contributed by atoms with E-state index in [0.29, 0.717) is 11.5 Å². The first-order valence-corrected chi connectivity index (χ1v) is 7.88. The fraction of sp³-hybridized carbons (Fsp3) is 0.667. The molecule has 0 radical (unpaired) electrons. The Morgan fingerprint density at radius 1 is 0.895 bits per heavy atom. The summed E-state index contributed by atoms with van der Waals surface area (Å²) in [5.41, 5.74) is 3.99. The molecule has 0 bridgehead atoms. The van der Waals surface area contributed by atoms with Crippen molar-refractivity contribution in [1.29, 1.82) is 0 Å². The van der Waals surface area contributed by atoms with Gasteiger partial charge >= 0.3 is 0 Å². The van der Waals surface area contributed by atoms with Gasteiger partial charge in [-0.2, -0.15) is 0 Å². The van der Waals surface area contributed by atoms with E-state index in [2.05, 4.69) is 57.3 Å². The summed E-state index contributed by atoms with van der Waals surface area (Å²) in [6.45, 7) is 9.30. The Labute approximate surface area is 117 Å². The van der Waals surface area contributed by atoms with E-state index in [1.54, 1.807) is 11.1 Å². The van der Waals surface area contributed by atoms with Gasteiger partial charge in [0, 0.05) is 11.6 Å². The van der Waals surface area contributed by atoms with E-state index < -0.39 is 0 Å². The van der Waals surface area contributed by atoms with Crippen LogP contribution < -0.4 is 5.32 Å². The van der Waals surface area contributed by atoms with Crippen LogP contribution in [0.1, 0.15) is 64.5 Å². The zero-order valence-corrected chi connectivity index (χ0v) is 12.8. The number of benzene rings is 1.